The highest BCUT2D eigenvalue weighted by Crippen LogP contribution is 2.26. The predicted molar refractivity (Wildman–Crippen MR) is 174 cm³/mol. The van der Waals surface area contributed by atoms with E-state index < -0.39 is 12.1 Å². The molecule has 1 unspecified atom stereocenters. The van der Waals surface area contributed by atoms with Crippen LogP contribution in [0.5, 0.6) is 11.5 Å². The SMILES string of the molecule is CC(=O)c1ccc(OCCc2nc(-c3ccccc3)oc2C)c(C=CCCC(Oc2ccc(-c3ccc(F)cc3)cc2)C(=O)O)c1. The van der Waals surface area contributed by atoms with Gasteiger partial charge >= 0.3 is 5.97 Å². The number of ketones is 1. The van der Waals surface area contributed by atoms with E-state index in [1.54, 1.807) is 54.6 Å². The van der Waals surface area contributed by atoms with Crippen molar-refractivity contribution in [2.24, 2.45) is 0 Å². The molecule has 5 rings (SSSR count). The quantitative estimate of drug-likeness (QED) is 0.124. The van der Waals surface area contributed by atoms with Crippen molar-refractivity contribution in [3.8, 4) is 34.1 Å². The Morgan fingerprint density at radius 3 is 2.30 bits per heavy atom. The lowest BCUT2D eigenvalue weighted by atomic mass is 10.1. The van der Waals surface area contributed by atoms with Gasteiger partial charge in [-0.1, -0.05) is 54.6 Å². The number of carboxylic acids is 1. The second-order valence-electron chi connectivity index (χ2n) is 10.8. The molecule has 0 amide bonds. The fraction of sp³-hybridized carbons (Fsp3) is 0.184. The van der Waals surface area contributed by atoms with Gasteiger partial charge in [0.2, 0.25) is 5.89 Å². The Morgan fingerprint density at radius 2 is 1.63 bits per heavy atom. The molecule has 7 nitrogen and oxygen atoms in total. The largest absolute Gasteiger partial charge is 0.493 e. The Hall–Kier alpha value is -5.50. The minimum Gasteiger partial charge on any atom is -0.493 e. The van der Waals surface area contributed by atoms with Crippen molar-refractivity contribution in [3.63, 3.8) is 0 Å². The van der Waals surface area contributed by atoms with Crippen molar-refractivity contribution in [3.05, 3.63) is 132 Å². The van der Waals surface area contributed by atoms with E-state index in [-0.39, 0.29) is 18.0 Å². The van der Waals surface area contributed by atoms with Gasteiger partial charge in [-0.15, -0.1) is 0 Å². The van der Waals surface area contributed by atoms with Gasteiger partial charge in [-0.3, -0.25) is 4.79 Å². The molecule has 0 aliphatic heterocycles. The molecule has 0 aliphatic rings. The van der Waals surface area contributed by atoms with Gasteiger partial charge in [0.05, 0.1) is 12.3 Å². The summed E-state index contributed by atoms with van der Waals surface area (Å²) in [5.41, 5.74) is 4.67. The topological polar surface area (TPSA) is 98.9 Å². The maximum atomic E-state index is 13.2. The third-order valence-corrected chi connectivity index (χ3v) is 7.40. The van der Waals surface area contributed by atoms with Crippen molar-refractivity contribution in [2.75, 3.05) is 6.61 Å². The molecule has 8 heteroatoms. The molecule has 1 heterocycles. The van der Waals surface area contributed by atoms with Crippen LogP contribution < -0.4 is 9.47 Å². The Bertz CT molecular complexity index is 1810. The number of aromatic nitrogens is 1. The van der Waals surface area contributed by atoms with Crippen molar-refractivity contribution in [1.82, 2.24) is 4.98 Å². The summed E-state index contributed by atoms with van der Waals surface area (Å²) in [6, 6.07) is 28.1. The number of hydrogen-bond donors (Lipinski definition) is 1. The molecule has 0 bridgehead atoms. The number of oxazole rings is 1. The monoisotopic (exact) mass is 619 g/mol. The summed E-state index contributed by atoms with van der Waals surface area (Å²) in [6.45, 7) is 3.72. The number of aryl methyl sites for hydroxylation is 1. The van der Waals surface area contributed by atoms with Gasteiger partial charge in [-0.2, -0.15) is 0 Å². The van der Waals surface area contributed by atoms with Crippen LogP contribution in [0.3, 0.4) is 0 Å². The number of carboxylic acid groups (broad SMARTS) is 1. The van der Waals surface area contributed by atoms with E-state index in [0.717, 1.165) is 28.1 Å². The summed E-state index contributed by atoms with van der Waals surface area (Å²) in [5, 5.41) is 9.77. The molecule has 0 fully saturated rings. The van der Waals surface area contributed by atoms with Crippen LogP contribution in [0.1, 0.15) is 47.1 Å². The molecule has 1 atom stereocenters. The van der Waals surface area contributed by atoms with Crippen LogP contribution in [0.2, 0.25) is 0 Å². The molecule has 0 aliphatic carbocycles. The number of aliphatic carboxylic acids is 1. The predicted octanol–water partition coefficient (Wildman–Crippen LogP) is 8.61. The molecule has 4 aromatic carbocycles. The average Bonchev–Trinajstić information content (AvgIpc) is 3.44. The Morgan fingerprint density at radius 1 is 0.935 bits per heavy atom. The first-order valence-corrected chi connectivity index (χ1v) is 15.0. The van der Waals surface area contributed by atoms with Crippen LogP contribution in [0.25, 0.3) is 28.7 Å². The first-order valence-electron chi connectivity index (χ1n) is 15.0. The molecule has 0 spiro atoms. The molecule has 5 aromatic rings. The van der Waals surface area contributed by atoms with Crippen LogP contribution in [0, 0.1) is 12.7 Å². The molecule has 0 saturated heterocycles. The van der Waals surface area contributed by atoms with E-state index in [1.165, 1.54) is 19.1 Å². The van der Waals surface area contributed by atoms with Crippen LogP contribution in [0.15, 0.2) is 108 Å². The summed E-state index contributed by atoms with van der Waals surface area (Å²) in [7, 11) is 0. The molecule has 1 N–H and O–H groups in total. The summed E-state index contributed by atoms with van der Waals surface area (Å²) < 4.78 is 31.0. The lowest BCUT2D eigenvalue weighted by molar-refractivity contribution is -0.145. The number of halogens is 1. The van der Waals surface area contributed by atoms with E-state index in [0.29, 0.717) is 48.0 Å². The zero-order valence-electron chi connectivity index (χ0n) is 25.6. The standard InChI is InChI=1S/C38H34FNO6/c1-25(41)30-16-21-35(44-23-22-34-26(2)45-37(40-34)29-8-4-3-5-9-29)31(24-30)10-6-7-11-36(38(42)43)46-33-19-14-28(15-20-33)27-12-17-32(39)18-13-27/h3-6,8-10,12-21,24,36H,7,11,22-23H2,1-2H3,(H,42,43). The third kappa shape index (κ3) is 8.35. The molecular formula is C38H34FNO6. The number of benzene rings is 4. The highest BCUT2D eigenvalue weighted by molar-refractivity contribution is 5.95. The van der Waals surface area contributed by atoms with Crippen LogP contribution in [0.4, 0.5) is 4.39 Å². The third-order valence-electron chi connectivity index (χ3n) is 7.40. The summed E-state index contributed by atoms with van der Waals surface area (Å²) in [5.74, 6) is 0.855. The van der Waals surface area contributed by atoms with Crippen molar-refractivity contribution in [2.45, 2.75) is 39.2 Å². The van der Waals surface area contributed by atoms with Crippen molar-refractivity contribution in [1.29, 1.82) is 0 Å². The van der Waals surface area contributed by atoms with E-state index >= 15 is 0 Å². The minimum absolute atomic E-state index is 0.0716. The molecule has 46 heavy (non-hydrogen) atoms. The summed E-state index contributed by atoms with van der Waals surface area (Å²) in [6.07, 6.45) is 3.77. The van der Waals surface area contributed by atoms with Gasteiger partial charge in [0.25, 0.3) is 0 Å². The fourth-order valence-electron chi connectivity index (χ4n) is 4.87. The fourth-order valence-corrected chi connectivity index (χ4v) is 4.87. The Labute approximate surface area is 267 Å². The Kier molecular flexibility index (Phi) is 10.4. The van der Waals surface area contributed by atoms with E-state index in [4.69, 9.17) is 13.9 Å². The van der Waals surface area contributed by atoms with E-state index in [1.807, 2.05) is 49.4 Å². The average molecular weight is 620 g/mol. The van der Waals surface area contributed by atoms with Crippen LogP contribution in [-0.2, 0) is 11.2 Å². The number of hydrogen-bond acceptors (Lipinski definition) is 6. The highest BCUT2D eigenvalue weighted by Gasteiger charge is 2.19. The smallest absolute Gasteiger partial charge is 0.344 e. The number of ether oxygens (including phenoxy) is 2. The van der Waals surface area contributed by atoms with E-state index in [2.05, 4.69) is 4.98 Å². The van der Waals surface area contributed by atoms with Crippen LogP contribution in [-0.4, -0.2) is 34.6 Å². The highest BCUT2D eigenvalue weighted by atomic mass is 19.1. The molecule has 0 radical (unpaired) electrons. The number of rotatable bonds is 14. The van der Waals surface area contributed by atoms with Gasteiger partial charge in [0.1, 0.15) is 23.1 Å². The zero-order valence-corrected chi connectivity index (χ0v) is 25.6. The van der Waals surface area contributed by atoms with Gasteiger partial charge in [0.15, 0.2) is 11.9 Å². The number of carbonyl (C=O) groups is 2. The minimum atomic E-state index is -1.07. The van der Waals surface area contributed by atoms with Gasteiger partial charge in [0, 0.05) is 23.1 Å². The lowest BCUT2D eigenvalue weighted by Crippen LogP contribution is -2.26. The summed E-state index contributed by atoms with van der Waals surface area (Å²) >= 11 is 0. The zero-order chi connectivity index (χ0) is 32.5. The van der Waals surface area contributed by atoms with E-state index in [9.17, 15) is 19.1 Å². The maximum absolute atomic E-state index is 13.2. The normalized spacial score (nSPS) is 11.8. The number of Topliss-reactive ketones (excluding diaryl/α,β-unsaturated/α-hetero) is 1. The van der Waals surface area contributed by atoms with Crippen molar-refractivity contribution >= 4 is 17.8 Å². The second kappa shape index (κ2) is 15.0. The number of nitrogens with zero attached hydrogens (tertiary/aromatic N) is 1. The maximum Gasteiger partial charge on any atom is 0.344 e. The summed E-state index contributed by atoms with van der Waals surface area (Å²) in [4.78, 5) is 28.7. The van der Waals surface area contributed by atoms with Gasteiger partial charge in [-0.05, 0) is 92.4 Å². The number of allylic oxidation sites excluding steroid dienone is 1. The first-order chi connectivity index (χ1) is 22.3. The lowest BCUT2D eigenvalue weighted by Gasteiger charge is -2.15. The van der Waals surface area contributed by atoms with Gasteiger partial charge < -0.3 is 19.0 Å². The Balaban J connectivity index is 1.20. The second-order valence-corrected chi connectivity index (χ2v) is 10.8. The van der Waals surface area contributed by atoms with Crippen LogP contribution >= 0.6 is 0 Å². The van der Waals surface area contributed by atoms with Crippen molar-refractivity contribution < 1.29 is 33.0 Å². The molecule has 1 aromatic heterocycles. The molecular weight excluding hydrogens is 585 g/mol. The molecule has 234 valence electrons. The molecule has 0 saturated carbocycles. The van der Waals surface area contributed by atoms with Gasteiger partial charge in [-0.25, -0.2) is 14.2 Å². The first kappa shape index (κ1) is 31.9. The number of carbonyl (C=O) groups excluding carboxylic acids is 1.